The standard InChI is InChI=1S/C16H23N3O2/c1-16(2)10-4-3-5-13(16)15(20)18-12-8-6-11(7-9-12)14(17)19-21/h6-9,13,21H,3-5,10H2,1-2H3,(H2,17,19)(H,18,20). The number of nitrogens with one attached hydrogen (secondary N) is 1. The molecular weight excluding hydrogens is 266 g/mol. The van der Waals surface area contributed by atoms with Crippen LogP contribution in [-0.4, -0.2) is 17.0 Å². The molecule has 0 aromatic heterocycles. The van der Waals surface area contributed by atoms with E-state index in [1.54, 1.807) is 24.3 Å². The van der Waals surface area contributed by atoms with E-state index in [-0.39, 0.29) is 23.1 Å². The summed E-state index contributed by atoms with van der Waals surface area (Å²) in [5.41, 5.74) is 6.91. The average Bonchev–Trinajstić information content (AvgIpc) is 2.46. The third-order valence-corrected chi connectivity index (χ3v) is 4.38. The van der Waals surface area contributed by atoms with Crippen LogP contribution in [0.5, 0.6) is 0 Å². The lowest BCUT2D eigenvalue weighted by molar-refractivity contribution is -0.124. The summed E-state index contributed by atoms with van der Waals surface area (Å²) >= 11 is 0. The van der Waals surface area contributed by atoms with Crippen molar-refractivity contribution in [2.45, 2.75) is 39.5 Å². The molecule has 21 heavy (non-hydrogen) atoms. The van der Waals surface area contributed by atoms with E-state index in [9.17, 15) is 4.79 Å². The van der Waals surface area contributed by atoms with E-state index in [0.29, 0.717) is 5.56 Å². The molecule has 114 valence electrons. The van der Waals surface area contributed by atoms with Gasteiger partial charge in [0.1, 0.15) is 0 Å². The van der Waals surface area contributed by atoms with Crippen molar-refractivity contribution < 1.29 is 10.0 Å². The first-order valence-electron chi connectivity index (χ1n) is 7.33. The Bertz CT molecular complexity index is 535. The van der Waals surface area contributed by atoms with Gasteiger partial charge in [-0.15, -0.1) is 0 Å². The van der Waals surface area contributed by atoms with Crippen molar-refractivity contribution in [2.75, 3.05) is 5.32 Å². The second kappa shape index (κ2) is 6.16. The van der Waals surface area contributed by atoms with Crippen LogP contribution < -0.4 is 11.1 Å². The van der Waals surface area contributed by atoms with Gasteiger partial charge in [0.15, 0.2) is 5.84 Å². The number of amides is 1. The molecule has 1 saturated carbocycles. The lowest BCUT2D eigenvalue weighted by Gasteiger charge is -2.37. The number of carbonyl (C=O) groups is 1. The van der Waals surface area contributed by atoms with Crippen molar-refractivity contribution >= 4 is 17.4 Å². The summed E-state index contributed by atoms with van der Waals surface area (Å²) < 4.78 is 0. The molecule has 0 bridgehead atoms. The lowest BCUT2D eigenvalue weighted by atomic mass is 9.68. The number of benzene rings is 1. The van der Waals surface area contributed by atoms with E-state index in [4.69, 9.17) is 10.9 Å². The highest BCUT2D eigenvalue weighted by atomic mass is 16.4. The molecule has 1 fully saturated rings. The summed E-state index contributed by atoms with van der Waals surface area (Å²) in [5.74, 6) is 0.188. The molecule has 1 aliphatic rings. The van der Waals surface area contributed by atoms with Crippen molar-refractivity contribution in [3.8, 4) is 0 Å². The highest BCUT2D eigenvalue weighted by Crippen LogP contribution is 2.41. The maximum atomic E-state index is 12.5. The zero-order chi connectivity index (χ0) is 15.5. The normalized spacial score (nSPS) is 21.8. The first-order chi connectivity index (χ1) is 9.94. The van der Waals surface area contributed by atoms with Crippen LogP contribution in [0, 0.1) is 11.3 Å². The second-order valence-electron chi connectivity index (χ2n) is 6.34. The molecule has 0 radical (unpaired) electrons. The molecule has 1 aromatic carbocycles. The van der Waals surface area contributed by atoms with E-state index in [1.807, 2.05) is 0 Å². The molecule has 5 nitrogen and oxygen atoms in total. The number of anilines is 1. The fourth-order valence-corrected chi connectivity index (χ4v) is 2.99. The molecule has 1 atom stereocenters. The fraction of sp³-hybridized carbons (Fsp3) is 0.500. The van der Waals surface area contributed by atoms with Gasteiger partial charge in [-0.1, -0.05) is 31.8 Å². The highest BCUT2D eigenvalue weighted by Gasteiger charge is 2.37. The number of oxime groups is 1. The molecule has 5 heteroatoms. The van der Waals surface area contributed by atoms with Crippen LogP contribution in [0.2, 0.25) is 0 Å². The van der Waals surface area contributed by atoms with Crippen molar-refractivity contribution in [3.05, 3.63) is 29.8 Å². The first-order valence-corrected chi connectivity index (χ1v) is 7.33. The number of nitrogens with two attached hydrogens (primary N) is 1. The predicted octanol–water partition coefficient (Wildman–Crippen LogP) is 2.94. The quantitative estimate of drug-likeness (QED) is 0.346. The van der Waals surface area contributed by atoms with Gasteiger partial charge in [-0.25, -0.2) is 0 Å². The van der Waals surface area contributed by atoms with Gasteiger partial charge in [-0.3, -0.25) is 4.79 Å². The minimum atomic E-state index is 0.0509. The van der Waals surface area contributed by atoms with Crippen molar-refractivity contribution in [2.24, 2.45) is 22.2 Å². The monoisotopic (exact) mass is 289 g/mol. The minimum absolute atomic E-state index is 0.0509. The summed E-state index contributed by atoms with van der Waals surface area (Å²) in [5, 5.41) is 14.5. The van der Waals surface area contributed by atoms with Gasteiger partial charge in [-0.2, -0.15) is 0 Å². The number of carbonyl (C=O) groups excluding carboxylic acids is 1. The van der Waals surface area contributed by atoms with E-state index in [2.05, 4.69) is 24.3 Å². The molecule has 2 rings (SSSR count). The molecule has 1 aromatic rings. The molecule has 1 amide bonds. The summed E-state index contributed by atoms with van der Waals surface area (Å²) in [4.78, 5) is 12.5. The van der Waals surface area contributed by atoms with Crippen LogP contribution in [0.15, 0.2) is 29.4 Å². The Kier molecular flexibility index (Phi) is 4.50. The third-order valence-electron chi connectivity index (χ3n) is 4.38. The number of amidine groups is 1. The van der Waals surface area contributed by atoms with Crippen molar-refractivity contribution in [1.29, 1.82) is 0 Å². The van der Waals surface area contributed by atoms with E-state index >= 15 is 0 Å². The first kappa shape index (κ1) is 15.4. The largest absolute Gasteiger partial charge is 0.409 e. The predicted molar refractivity (Wildman–Crippen MR) is 83.3 cm³/mol. The number of hydrogen-bond acceptors (Lipinski definition) is 3. The Morgan fingerprint density at radius 1 is 1.33 bits per heavy atom. The van der Waals surface area contributed by atoms with Crippen LogP contribution in [0.4, 0.5) is 5.69 Å². The maximum absolute atomic E-state index is 12.5. The van der Waals surface area contributed by atoms with Crippen LogP contribution in [-0.2, 0) is 4.79 Å². The fourth-order valence-electron chi connectivity index (χ4n) is 2.99. The van der Waals surface area contributed by atoms with Gasteiger partial charge in [0, 0.05) is 17.2 Å². The third kappa shape index (κ3) is 3.54. The zero-order valence-electron chi connectivity index (χ0n) is 12.6. The molecular formula is C16H23N3O2. The Balaban J connectivity index is 2.05. The van der Waals surface area contributed by atoms with Gasteiger partial charge < -0.3 is 16.3 Å². The maximum Gasteiger partial charge on any atom is 0.228 e. The lowest BCUT2D eigenvalue weighted by Crippen LogP contribution is -2.37. The van der Waals surface area contributed by atoms with Crippen molar-refractivity contribution in [1.82, 2.24) is 0 Å². The second-order valence-corrected chi connectivity index (χ2v) is 6.34. The van der Waals surface area contributed by atoms with Crippen LogP contribution in [0.25, 0.3) is 0 Å². The average molecular weight is 289 g/mol. The van der Waals surface area contributed by atoms with Gasteiger partial charge in [0.25, 0.3) is 0 Å². The van der Waals surface area contributed by atoms with Gasteiger partial charge in [-0.05, 0) is 42.5 Å². The summed E-state index contributed by atoms with van der Waals surface area (Å²) in [6.07, 6.45) is 4.35. The van der Waals surface area contributed by atoms with Crippen LogP contribution in [0.3, 0.4) is 0 Å². The Morgan fingerprint density at radius 3 is 2.57 bits per heavy atom. The van der Waals surface area contributed by atoms with E-state index in [0.717, 1.165) is 24.9 Å². The van der Waals surface area contributed by atoms with E-state index in [1.165, 1.54) is 6.42 Å². The molecule has 4 N–H and O–H groups in total. The zero-order valence-corrected chi connectivity index (χ0v) is 12.6. The number of nitrogens with zero attached hydrogens (tertiary/aromatic N) is 1. The molecule has 0 saturated heterocycles. The number of hydrogen-bond donors (Lipinski definition) is 3. The molecule has 1 unspecified atom stereocenters. The number of rotatable bonds is 3. The van der Waals surface area contributed by atoms with E-state index < -0.39 is 0 Å². The molecule has 0 heterocycles. The Morgan fingerprint density at radius 2 is 2.00 bits per heavy atom. The van der Waals surface area contributed by atoms with Gasteiger partial charge in [0.05, 0.1) is 0 Å². The molecule has 0 aliphatic heterocycles. The summed E-state index contributed by atoms with van der Waals surface area (Å²) in [7, 11) is 0. The van der Waals surface area contributed by atoms with Crippen LogP contribution >= 0.6 is 0 Å². The SMILES string of the molecule is CC1(C)CCCCC1C(=O)Nc1ccc(/C(N)=N/O)cc1. The topological polar surface area (TPSA) is 87.7 Å². The smallest absolute Gasteiger partial charge is 0.228 e. The summed E-state index contributed by atoms with van der Waals surface area (Å²) in [6.45, 7) is 4.33. The van der Waals surface area contributed by atoms with Gasteiger partial charge in [0.2, 0.25) is 5.91 Å². The Hall–Kier alpha value is -2.04. The Labute approximate surface area is 125 Å². The molecule has 0 spiro atoms. The van der Waals surface area contributed by atoms with Gasteiger partial charge >= 0.3 is 0 Å². The highest BCUT2D eigenvalue weighted by molar-refractivity contribution is 5.98. The van der Waals surface area contributed by atoms with Crippen molar-refractivity contribution in [3.63, 3.8) is 0 Å². The molecule has 1 aliphatic carbocycles. The minimum Gasteiger partial charge on any atom is -0.409 e. The van der Waals surface area contributed by atoms with Crippen LogP contribution in [0.1, 0.15) is 45.1 Å². The summed E-state index contributed by atoms with van der Waals surface area (Å²) in [6, 6.07) is 6.97.